The maximum atomic E-state index is 3.67. The average Bonchev–Trinajstić information content (AvgIpc) is 2.03. The molecule has 0 heteroatoms. The first-order valence-corrected chi connectivity index (χ1v) is 3.59. The molecule has 58 valence electrons. The summed E-state index contributed by atoms with van der Waals surface area (Å²) < 4.78 is 0. The van der Waals surface area contributed by atoms with Gasteiger partial charge in [-0.25, -0.2) is 0 Å². The second-order valence-electron chi connectivity index (χ2n) is 1.99. The van der Waals surface area contributed by atoms with Crippen molar-refractivity contribution in [3.63, 3.8) is 0 Å². The second-order valence-corrected chi connectivity index (χ2v) is 1.99. The highest BCUT2D eigenvalue weighted by molar-refractivity contribution is 5.33. The Bertz CT molecular complexity index is 202. The van der Waals surface area contributed by atoms with Crippen LogP contribution in [0.5, 0.6) is 0 Å². The fraction of sp³-hybridized carbons (Fsp3) is 0.0909. The van der Waals surface area contributed by atoms with E-state index in [1.54, 1.807) is 12.2 Å². The van der Waals surface area contributed by atoms with E-state index in [-0.39, 0.29) is 0 Å². The van der Waals surface area contributed by atoms with Gasteiger partial charge in [0.2, 0.25) is 0 Å². The van der Waals surface area contributed by atoms with Gasteiger partial charge in [0.25, 0.3) is 0 Å². The van der Waals surface area contributed by atoms with Crippen LogP contribution in [0.3, 0.4) is 0 Å². The predicted octanol–water partition coefficient (Wildman–Crippen LogP) is 3.42. The lowest BCUT2D eigenvalue weighted by atomic mass is 10.2. The monoisotopic (exact) mass is 146 g/mol. The molecule has 0 spiro atoms. The Morgan fingerprint density at radius 3 is 2.36 bits per heavy atom. The van der Waals surface area contributed by atoms with Crippen molar-refractivity contribution in [2.45, 2.75) is 6.92 Å². The molecule has 0 atom stereocenters. The molecule has 0 nitrogen and oxygen atoms in total. The molecule has 0 saturated heterocycles. The van der Waals surface area contributed by atoms with Crippen LogP contribution in [0, 0.1) is 0 Å². The summed E-state index contributed by atoms with van der Waals surface area (Å²) in [6.45, 7) is 9.25. The molecule has 11 heavy (non-hydrogen) atoms. The van der Waals surface area contributed by atoms with E-state index in [2.05, 4.69) is 13.2 Å². The first-order chi connectivity index (χ1) is 5.35. The molecule has 0 fully saturated rings. The fourth-order valence-corrected chi connectivity index (χ4v) is 0.605. The van der Waals surface area contributed by atoms with E-state index in [0.717, 1.165) is 5.57 Å². The van der Waals surface area contributed by atoms with Crippen molar-refractivity contribution >= 4 is 0 Å². The van der Waals surface area contributed by atoms with Crippen LogP contribution >= 0.6 is 0 Å². The van der Waals surface area contributed by atoms with E-state index < -0.39 is 0 Å². The molecule has 0 radical (unpaired) electrons. The lowest BCUT2D eigenvalue weighted by molar-refractivity contribution is 1.67. The quantitative estimate of drug-likeness (QED) is 0.533. The first-order valence-electron chi connectivity index (χ1n) is 3.59. The number of rotatable bonds is 4. The molecular weight excluding hydrogens is 132 g/mol. The zero-order chi connectivity index (χ0) is 8.53. The van der Waals surface area contributed by atoms with Gasteiger partial charge < -0.3 is 0 Å². The summed E-state index contributed by atoms with van der Waals surface area (Å²) in [5, 5.41) is 0. The van der Waals surface area contributed by atoms with E-state index in [9.17, 15) is 0 Å². The van der Waals surface area contributed by atoms with E-state index >= 15 is 0 Å². The zero-order valence-corrected chi connectivity index (χ0v) is 6.96. The molecule has 0 aliphatic rings. The first kappa shape index (κ1) is 9.70. The molecule has 0 aliphatic heterocycles. The van der Waals surface area contributed by atoms with Crippen molar-refractivity contribution in [2.24, 2.45) is 0 Å². The van der Waals surface area contributed by atoms with Gasteiger partial charge in [0, 0.05) is 0 Å². The van der Waals surface area contributed by atoms with E-state index in [4.69, 9.17) is 0 Å². The van der Waals surface area contributed by atoms with Gasteiger partial charge in [0.15, 0.2) is 0 Å². The maximum Gasteiger partial charge on any atom is -0.0263 e. The maximum absolute atomic E-state index is 3.67. The van der Waals surface area contributed by atoms with Gasteiger partial charge in [-0.05, 0) is 12.5 Å². The molecule has 0 aromatic rings. The lowest BCUT2D eigenvalue weighted by Crippen LogP contribution is -1.66. The summed E-state index contributed by atoms with van der Waals surface area (Å²) in [6.07, 6.45) is 13.4. The molecule has 0 heterocycles. The summed E-state index contributed by atoms with van der Waals surface area (Å²) in [7, 11) is 0. The normalized spacial score (nSPS) is 12.6. The van der Waals surface area contributed by atoms with Crippen molar-refractivity contribution < 1.29 is 0 Å². The van der Waals surface area contributed by atoms with Crippen molar-refractivity contribution in [1.29, 1.82) is 0 Å². The van der Waals surface area contributed by atoms with Crippen LogP contribution in [0.4, 0.5) is 0 Å². The highest BCUT2D eigenvalue weighted by Gasteiger charge is 1.77. The molecule has 0 aliphatic carbocycles. The third-order valence-corrected chi connectivity index (χ3v) is 1.14. The van der Waals surface area contributed by atoms with Crippen LogP contribution < -0.4 is 0 Å². The van der Waals surface area contributed by atoms with Crippen LogP contribution in [0.15, 0.2) is 61.3 Å². The van der Waals surface area contributed by atoms with Crippen LogP contribution in [0.1, 0.15) is 6.92 Å². The van der Waals surface area contributed by atoms with Crippen molar-refractivity contribution in [3.8, 4) is 0 Å². The van der Waals surface area contributed by atoms with Crippen LogP contribution in [0.25, 0.3) is 0 Å². The van der Waals surface area contributed by atoms with Crippen molar-refractivity contribution in [1.82, 2.24) is 0 Å². The fourth-order valence-electron chi connectivity index (χ4n) is 0.605. The van der Waals surface area contributed by atoms with Gasteiger partial charge >= 0.3 is 0 Å². The predicted molar refractivity (Wildman–Crippen MR) is 52.4 cm³/mol. The minimum Gasteiger partial charge on any atom is -0.0990 e. The Morgan fingerprint density at radius 1 is 1.18 bits per heavy atom. The van der Waals surface area contributed by atoms with Gasteiger partial charge in [0.05, 0.1) is 0 Å². The third kappa shape index (κ3) is 5.16. The standard InChI is InChI=1S/C11H14/c1-4-7-8-10-11(6-3)9-5-2/h4-10H,2-3H2,1H3/b7-4-,10-8-,11-9-. The number of allylic oxidation sites excluding steroid dienone is 8. The SMILES string of the molecule is C=C\C=C(C=C)/C=C\C=C/C. The number of hydrogen-bond acceptors (Lipinski definition) is 0. The minimum absolute atomic E-state index is 1.07. The molecule has 0 aromatic heterocycles. The highest BCUT2D eigenvalue weighted by atomic mass is 13.8. The van der Waals surface area contributed by atoms with Gasteiger partial charge in [-0.15, -0.1) is 0 Å². The Labute approximate surface area is 68.9 Å². The molecule has 0 N–H and O–H groups in total. The largest absolute Gasteiger partial charge is 0.0990 e. The average molecular weight is 146 g/mol. The van der Waals surface area contributed by atoms with Gasteiger partial charge in [-0.3, -0.25) is 0 Å². The van der Waals surface area contributed by atoms with Gasteiger partial charge in [-0.2, -0.15) is 0 Å². The molecule has 0 bridgehead atoms. The van der Waals surface area contributed by atoms with Gasteiger partial charge in [-0.1, -0.05) is 55.7 Å². The lowest BCUT2D eigenvalue weighted by Gasteiger charge is -1.86. The Balaban J connectivity index is 4.18. The van der Waals surface area contributed by atoms with Crippen molar-refractivity contribution in [2.75, 3.05) is 0 Å². The molecule has 0 rings (SSSR count). The second kappa shape index (κ2) is 6.81. The summed E-state index contributed by atoms with van der Waals surface area (Å²) in [5.41, 5.74) is 1.07. The highest BCUT2D eigenvalue weighted by Crippen LogP contribution is 1.97. The molecule has 0 aromatic carbocycles. The van der Waals surface area contributed by atoms with E-state index in [0.29, 0.717) is 0 Å². The topological polar surface area (TPSA) is 0 Å². The molecule has 0 amide bonds. The molecular formula is C11H14. The van der Waals surface area contributed by atoms with Crippen LogP contribution in [-0.2, 0) is 0 Å². The summed E-state index contributed by atoms with van der Waals surface area (Å²) in [4.78, 5) is 0. The molecule has 0 saturated carbocycles. The van der Waals surface area contributed by atoms with Gasteiger partial charge in [0.1, 0.15) is 0 Å². The smallest absolute Gasteiger partial charge is 0.0263 e. The minimum atomic E-state index is 1.07. The van der Waals surface area contributed by atoms with Crippen LogP contribution in [0.2, 0.25) is 0 Å². The van der Waals surface area contributed by atoms with Crippen molar-refractivity contribution in [3.05, 3.63) is 61.3 Å². The Kier molecular flexibility index (Phi) is 6.01. The summed E-state index contributed by atoms with van der Waals surface area (Å²) in [5.74, 6) is 0. The Morgan fingerprint density at radius 2 is 1.91 bits per heavy atom. The number of hydrogen-bond donors (Lipinski definition) is 0. The van der Waals surface area contributed by atoms with Crippen LogP contribution in [-0.4, -0.2) is 0 Å². The Hall–Kier alpha value is -1.30. The zero-order valence-electron chi connectivity index (χ0n) is 6.96. The third-order valence-electron chi connectivity index (χ3n) is 1.14. The summed E-state index contributed by atoms with van der Waals surface area (Å²) >= 11 is 0. The van der Waals surface area contributed by atoms with E-state index in [1.807, 2.05) is 37.3 Å². The summed E-state index contributed by atoms with van der Waals surface area (Å²) in [6, 6.07) is 0. The van der Waals surface area contributed by atoms with E-state index in [1.165, 1.54) is 0 Å². The molecule has 0 unspecified atom stereocenters.